The van der Waals surface area contributed by atoms with Crippen molar-refractivity contribution in [2.45, 2.75) is 65.7 Å². The summed E-state index contributed by atoms with van der Waals surface area (Å²) in [6, 6.07) is 0. The summed E-state index contributed by atoms with van der Waals surface area (Å²) >= 11 is 0. The van der Waals surface area contributed by atoms with Gasteiger partial charge in [-0.05, 0) is 51.5 Å². The van der Waals surface area contributed by atoms with Gasteiger partial charge in [0.25, 0.3) is 0 Å². The van der Waals surface area contributed by atoms with E-state index in [2.05, 4.69) is 36.5 Å². The lowest BCUT2D eigenvalue weighted by molar-refractivity contribution is 0.487. The number of nitrogens with zero attached hydrogens (tertiary/aromatic N) is 3. The number of nitrogens with one attached hydrogen (secondary N) is 2. The summed E-state index contributed by atoms with van der Waals surface area (Å²) in [5.41, 5.74) is 3.74. The molecule has 1 aliphatic rings. The Morgan fingerprint density at radius 2 is 2.00 bits per heavy atom. The van der Waals surface area contributed by atoms with Crippen molar-refractivity contribution < 1.29 is 0 Å². The molecule has 0 radical (unpaired) electrons. The average Bonchev–Trinajstić information content (AvgIpc) is 3.15. The predicted octanol–water partition coefficient (Wildman–Crippen LogP) is 3.10. The maximum Gasteiger partial charge on any atom is 0.191 e. The molecule has 5 nitrogen and oxygen atoms in total. The van der Waals surface area contributed by atoms with Crippen LogP contribution in [0.25, 0.3) is 0 Å². The minimum atomic E-state index is 0.891. The van der Waals surface area contributed by atoms with Crippen molar-refractivity contribution >= 4 is 5.96 Å². The van der Waals surface area contributed by atoms with E-state index in [0.717, 1.165) is 43.6 Å². The van der Waals surface area contributed by atoms with Crippen molar-refractivity contribution in [1.82, 2.24) is 20.4 Å². The first-order chi connectivity index (χ1) is 11.6. The highest BCUT2D eigenvalue weighted by atomic mass is 15.3. The minimum absolute atomic E-state index is 0.891. The highest BCUT2D eigenvalue weighted by Crippen LogP contribution is 2.28. The van der Waals surface area contributed by atoms with Crippen LogP contribution < -0.4 is 10.6 Å². The second-order valence-corrected chi connectivity index (χ2v) is 7.00. The van der Waals surface area contributed by atoms with Gasteiger partial charge >= 0.3 is 0 Å². The van der Waals surface area contributed by atoms with Crippen molar-refractivity contribution in [1.29, 1.82) is 0 Å². The fraction of sp³-hybridized carbons (Fsp3) is 0.789. The van der Waals surface area contributed by atoms with Gasteiger partial charge in [-0.25, -0.2) is 0 Å². The van der Waals surface area contributed by atoms with Gasteiger partial charge in [0.2, 0.25) is 0 Å². The largest absolute Gasteiger partial charge is 0.357 e. The van der Waals surface area contributed by atoms with Crippen molar-refractivity contribution in [3.63, 3.8) is 0 Å². The zero-order valence-electron chi connectivity index (χ0n) is 16.0. The third-order valence-electron chi connectivity index (χ3n) is 5.19. The summed E-state index contributed by atoms with van der Waals surface area (Å²) < 4.78 is 1.97. The maximum atomic E-state index is 4.73. The maximum absolute atomic E-state index is 4.73. The highest BCUT2D eigenvalue weighted by Gasteiger charge is 2.14. The van der Waals surface area contributed by atoms with Crippen LogP contribution in [0.15, 0.2) is 4.99 Å². The molecule has 1 aromatic heterocycles. The van der Waals surface area contributed by atoms with Gasteiger partial charge in [-0.1, -0.05) is 25.7 Å². The number of hydrogen-bond acceptors (Lipinski definition) is 2. The van der Waals surface area contributed by atoms with E-state index in [4.69, 9.17) is 4.99 Å². The summed E-state index contributed by atoms with van der Waals surface area (Å²) in [7, 11) is 2.01. The number of guanidine groups is 1. The Hall–Kier alpha value is -1.52. The smallest absolute Gasteiger partial charge is 0.191 e. The molecule has 0 saturated heterocycles. The topological polar surface area (TPSA) is 54.2 Å². The van der Waals surface area contributed by atoms with Gasteiger partial charge in [0, 0.05) is 32.4 Å². The lowest BCUT2D eigenvalue weighted by Gasteiger charge is -2.12. The first-order valence-electron chi connectivity index (χ1n) is 9.63. The Bertz CT molecular complexity index is 526. The molecule has 24 heavy (non-hydrogen) atoms. The summed E-state index contributed by atoms with van der Waals surface area (Å²) in [4.78, 5) is 4.73. The fourth-order valence-corrected chi connectivity index (χ4v) is 3.70. The zero-order chi connectivity index (χ0) is 17.4. The standard InChI is InChI=1S/C19H35N5/c1-5-20-19(21-13-8-11-17-9-6-7-10-17)22-14-12-18-15(2)23-24(4)16(18)3/h17H,5-14H2,1-4H3,(H2,20,21,22). The van der Waals surface area contributed by atoms with Crippen LogP contribution in [0.2, 0.25) is 0 Å². The Labute approximate surface area is 147 Å². The fourth-order valence-electron chi connectivity index (χ4n) is 3.70. The molecule has 1 heterocycles. The van der Waals surface area contributed by atoms with Crippen LogP contribution in [0.3, 0.4) is 0 Å². The molecule has 2 N–H and O–H groups in total. The predicted molar refractivity (Wildman–Crippen MR) is 102 cm³/mol. The third kappa shape index (κ3) is 5.53. The van der Waals surface area contributed by atoms with Gasteiger partial charge in [-0.3, -0.25) is 9.67 Å². The summed E-state index contributed by atoms with van der Waals surface area (Å²) in [5, 5.41) is 11.3. The molecular formula is C19H35N5. The Morgan fingerprint density at radius 1 is 1.25 bits per heavy atom. The minimum Gasteiger partial charge on any atom is -0.357 e. The summed E-state index contributed by atoms with van der Waals surface area (Å²) in [5.74, 6) is 1.91. The van der Waals surface area contributed by atoms with Gasteiger partial charge in [-0.15, -0.1) is 0 Å². The molecule has 1 aliphatic carbocycles. The van der Waals surface area contributed by atoms with Gasteiger partial charge < -0.3 is 10.6 Å². The van der Waals surface area contributed by atoms with Crippen molar-refractivity contribution in [3.8, 4) is 0 Å². The number of rotatable bonds is 8. The average molecular weight is 334 g/mol. The molecule has 1 saturated carbocycles. The summed E-state index contributed by atoms with van der Waals surface area (Å²) in [6.45, 7) is 9.06. The van der Waals surface area contributed by atoms with Gasteiger partial charge in [0.1, 0.15) is 0 Å². The Balaban J connectivity index is 1.74. The van der Waals surface area contributed by atoms with E-state index in [1.807, 2.05) is 11.7 Å². The third-order valence-corrected chi connectivity index (χ3v) is 5.19. The van der Waals surface area contributed by atoms with E-state index in [1.54, 1.807) is 0 Å². The highest BCUT2D eigenvalue weighted by molar-refractivity contribution is 5.79. The molecule has 136 valence electrons. The summed E-state index contributed by atoms with van der Waals surface area (Å²) in [6.07, 6.45) is 9.28. The van der Waals surface area contributed by atoms with E-state index in [-0.39, 0.29) is 0 Å². The number of hydrogen-bond donors (Lipinski definition) is 2. The SMILES string of the molecule is CCNC(=NCCCC1CCCC1)NCCc1c(C)nn(C)c1C. The quantitative estimate of drug-likeness (QED) is 0.437. The number of aliphatic imine (C=N–C) groups is 1. The first kappa shape index (κ1) is 18.8. The monoisotopic (exact) mass is 333 g/mol. The number of aromatic nitrogens is 2. The number of aryl methyl sites for hydroxylation is 2. The lowest BCUT2D eigenvalue weighted by atomic mass is 10.0. The van der Waals surface area contributed by atoms with Crippen LogP contribution in [0.5, 0.6) is 0 Å². The molecule has 5 heteroatoms. The van der Waals surface area contributed by atoms with Crippen LogP contribution in [0, 0.1) is 19.8 Å². The molecule has 0 spiro atoms. The van der Waals surface area contributed by atoms with E-state index in [0.29, 0.717) is 0 Å². The molecule has 0 bridgehead atoms. The first-order valence-corrected chi connectivity index (χ1v) is 9.63. The van der Waals surface area contributed by atoms with Gasteiger partial charge in [0.15, 0.2) is 5.96 Å². The van der Waals surface area contributed by atoms with E-state index < -0.39 is 0 Å². The molecule has 2 rings (SSSR count). The van der Waals surface area contributed by atoms with Gasteiger partial charge in [0.05, 0.1) is 5.69 Å². The van der Waals surface area contributed by atoms with E-state index in [9.17, 15) is 0 Å². The van der Waals surface area contributed by atoms with Crippen molar-refractivity contribution in [2.24, 2.45) is 18.0 Å². The molecule has 0 amide bonds. The van der Waals surface area contributed by atoms with Crippen molar-refractivity contribution in [2.75, 3.05) is 19.6 Å². The lowest BCUT2D eigenvalue weighted by Crippen LogP contribution is -2.38. The van der Waals surface area contributed by atoms with Crippen LogP contribution in [0.1, 0.15) is 62.4 Å². The molecule has 0 unspecified atom stereocenters. The molecule has 0 atom stereocenters. The molecule has 1 fully saturated rings. The zero-order valence-corrected chi connectivity index (χ0v) is 16.0. The second-order valence-electron chi connectivity index (χ2n) is 7.00. The van der Waals surface area contributed by atoms with Crippen LogP contribution in [-0.2, 0) is 13.5 Å². The molecule has 1 aromatic rings. The second kappa shape index (κ2) is 9.70. The van der Waals surface area contributed by atoms with E-state index >= 15 is 0 Å². The van der Waals surface area contributed by atoms with Crippen LogP contribution in [-0.4, -0.2) is 35.4 Å². The normalized spacial score (nSPS) is 15.9. The molecular weight excluding hydrogens is 298 g/mol. The van der Waals surface area contributed by atoms with Crippen LogP contribution >= 0.6 is 0 Å². The van der Waals surface area contributed by atoms with Crippen LogP contribution in [0.4, 0.5) is 0 Å². The molecule has 0 aliphatic heterocycles. The van der Waals surface area contributed by atoms with Gasteiger partial charge in [-0.2, -0.15) is 5.10 Å². The Kier molecular flexibility index (Phi) is 7.60. The Morgan fingerprint density at radius 3 is 2.62 bits per heavy atom. The molecule has 0 aromatic carbocycles. The van der Waals surface area contributed by atoms with E-state index in [1.165, 1.54) is 49.8 Å². The van der Waals surface area contributed by atoms with Crippen molar-refractivity contribution in [3.05, 3.63) is 17.0 Å².